The zero-order valence-electron chi connectivity index (χ0n) is 6.27. The molecule has 0 radical (unpaired) electrons. The summed E-state index contributed by atoms with van der Waals surface area (Å²) in [4.78, 5) is 3.69. The van der Waals surface area contributed by atoms with E-state index in [0.29, 0.717) is 0 Å². The van der Waals surface area contributed by atoms with Crippen LogP contribution in [0.15, 0.2) is 6.20 Å². The van der Waals surface area contributed by atoms with E-state index in [9.17, 15) is 8.78 Å². The number of aliphatic hydroxyl groups excluding tert-OH is 1. The fraction of sp³-hybridized carbons (Fsp3) is 0.286. The van der Waals surface area contributed by atoms with E-state index < -0.39 is 6.43 Å². The summed E-state index contributed by atoms with van der Waals surface area (Å²) >= 11 is 7.30. The molecule has 1 aromatic heterocycles. The van der Waals surface area contributed by atoms with E-state index in [1.54, 1.807) is 22.6 Å². The van der Waals surface area contributed by atoms with Crippen LogP contribution in [0.4, 0.5) is 8.78 Å². The lowest BCUT2D eigenvalue weighted by atomic mass is 10.2. The zero-order valence-corrected chi connectivity index (χ0v) is 9.18. The molecule has 1 aromatic rings. The molecule has 0 amide bonds. The molecule has 0 spiro atoms. The van der Waals surface area contributed by atoms with Gasteiger partial charge in [-0.1, -0.05) is 11.6 Å². The van der Waals surface area contributed by atoms with E-state index in [1.807, 2.05) is 0 Å². The van der Waals surface area contributed by atoms with Gasteiger partial charge in [-0.15, -0.1) is 0 Å². The molecule has 72 valence electrons. The van der Waals surface area contributed by atoms with Gasteiger partial charge in [0.1, 0.15) is 3.70 Å². The van der Waals surface area contributed by atoms with Crippen LogP contribution in [-0.2, 0) is 6.61 Å². The van der Waals surface area contributed by atoms with Gasteiger partial charge in [0.25, 0.3) is 6.43 Å². The second kappa shape index (κ2) is 4.47. The van der Waals surface area contributed by atoms with Crippen LogP contribution in [0.5, 0.6) is 0 Å². The van der Waals surface area contributed by atoms with Crippen LogP contribution in [0.2, 0.25) is 5.02 Å². The molecule has 0 aliphatic rings. The van der Waals surface area contributed by atoms with Crippen molar-refractivity contribution in [2.45, 2.75) is 13.0 Å². The van der Waals surface area contributed by atoms with Crippen LogP contribution in [0.3, 0.4) is 0 Å². The van der Waals surface area contributed by atoms with Crippen molar-refractivity contribution in [3.8, 4) is 0 Å². The molecule has 0 aromatic carbocycles. The number of rotatable bonds is 2. The van der Waals surface area contributed by atoms with Gasteiger partial charge in [0, 0.05) is 11.8 Å². The van der Waals surface area contributed by atoms with Gasteiger partial charge in [-0.3, -0.25) is 0 Å². The summed E-state index contributed by atoms with van der Waals surface area (Å²) in [5, 5.41) is 8.64. The van der Waals surface area contributed by atoms with Crippen LogP contribution >= 0.6 is 34.2 Å². The molecule has 0 fully saturated rings. The maximum atomic E-state index is 12.4. The van der Waals surface area contributed by atoms with Crippen molar-refractivity contribution in [1.82, 2.24) is 4.98 Å². The first-order chi connectivity index (χ1) is 6.07. The average Bonchev–Trinajstić information content (AvgIpc) is 2.04. The first-order valence-electron chi connectivity index (χ1n) is 3.29. The highest BCUT2D eigenvalue weighted by Gasteiger charge is 2.19. The quantitative estimate of drug-likeness (QED) is 0.672. The monoisotopic (exact) mass is 319 g/mol. The van der Waals surface area contributed by atoms with Crippen LogP contribution in [-0.4, -0.2) is 10.1 Å². The highest BCUT2D eigenvalue weighted by molar-refractivity contribution is 14.1. The number of alkyl halides is 2. The molecule has 0 aliphatic heterocycles. The van der Waals surface area contributed by atoms with Gasteiger partial charge >= 0.3 is 0 Å². The summed E-state index contributed by atoms with van der Waals surface area (Å²) in [6.45, 7) is -0.386. The molecular formula is C7H5ClF2INO. The summed E-state index contributed by atoms with van der Waals surface area (Å²) in [7, 11) is 0. The van der Waals surface area contributed by atoms with Crippen molar-refractivity contribution < 1.29 is 13.9 Å². The highest BCUT2D eigenvalue weighted by atomic mass is 127. The number of aliphatic hydroxyl groups is 1. The van der Waals surface area contributed by atoms with Gasteiger partial charge < -0.3 is 5.11 Å². The lowest BCUT2D eigenvalue weighted by Crippen LogP contribution is -1.99. The van der Waals surface area contributed by atoms with Crippen molar-refractivity contribution in [1.29, 1.82) is 0 Å². The van der Waals surface area contributed by atoms with Crippen LogP contribution in [0.1, 0.15) is 17.6 Å². The molecular weight excluding hydrogens is 314 g/mol. The Hall–Kier alpha value is -0.0100. The fourth-order valence-electron chi connectivity index (χ4n) is 0.820. The number of halogens is 4. The Balaban J connectivity index is 3.30. The van der Waals surface area contributed by atoms with E-state index in [4.69, 9.17) is 16.7 Å². The van der Waals surface area contributed by atoms with Crippen LogP contribution in [0.25, 0.3) is 0 Å². The summed E-state index contributed by atoms with van der Waals surface area (Å²) in [5.74, 6) is 0. The molecule has 1 N–H and O–H groups in total. The largest absolute Gasteiger partial charge is 0.392 e. The Morgan fingerprint density at radius 1 is 1.62 bits per heavy atom. The van der Waals surface area contributed by atoms with Crippen molar-refractivity contribution in [2.24, 2.45) is 0 Å². The third-order valence-electron chi connectivity index (χ3n) is 1.46. The minimum absolute atomic E-state index is 0.100. The first kappa shape index (κ1) is 11.1. The Kier molecular flexibility index (Phi) is 3.81. The number of aromatic nitrogens is 1. The molecule has 0 aliphatic carbocycles. The molecule has 0 bridgehead atoms. The topological polar surface area (TPSA) is 33.1 Å². The van der Waals surface area contributed by atoms with Gasteiger partial charge in [-0.2, -0.15) is 0 Å². The van der Waals surface area contributed by atoms with E-state index in [-0.39, 0.29) is 26.5 Å². The van der Waals surface area contributed by atoms with E-state index >= 15 is 0 Å². The van der Waals surface area contributed by atoms with E-state index in [0.717, 1.165) is 0 Å². The van der Waals surface area contributed by atoms with Crippen molar-refractivity contribution in [3.63, 3.8) is 0 Å². The Labute approximate surface area is 92.1 Å². The van der Waals surface area contributed by atoms with Crippen molar-refractivity contribution in [2.75, 3.05) is 0 Å². The minimum Gasteiger partial charge on any atom is -0.392 e. The maximum absolute atomic E-state index is 12.4. The maximum Gasteiger partial charge on any atom is 0.267 e. The molecule has 2 nitrogen and oxygen atoms in total. The Morgan fingerprint density at radius 3 is 2.69 bits per heavy atom. The Bertz CT molecular complexity index is 322. The number of hydrogen-bond acceptors (Lipinski definition) is 2. The standard InChI is InChI=1S/C7H5ClF2INO/c8-5-3(2-13)1-12-7(11)4(5)6(9)10/h1,6,13H,2H2. The van der Waals surface area contributed by atoms with Gasteiger partial charge in [0.15, 0.2) is 0 Å². The summed E-state index contributed by atoms with van der Waals surface area (Å²) in [5.41, 5.74) is -0.0915. The molecule has 6 heteroatoms. The lowest BCUT2D eigenvalue weighted by molar-refractivity contribution is 0.149. The zero-order chi connectivity index (χ0) is 10.0. The molecule has 0 unspecified atom stereocenters. The van der Waals surface area contributed by atoms with Crippen LogP contribution < -0.4 is 0 Å². The molecule has 0 saturated heterocycles. The first-order valence-corrected chi connectivity index (χ1v) is 4.75. The number of pyridine rings is 1. The summed E-state index contributed by atoms with van der Waals surface area (Å²) in [6.07, 6.45) is -1.38. The molecule has 0 atom stereocenters. The van der Waals surface area contributed by atoms with Crippen LogP contribution in [0, 0.1) is 3.70 Å². The normalized spacial score (nSPS) is 10.9. The van der Waals surface area contributed by atoms with Gasteiger partial charge in [-0.05, 0) is 22.6 Å². The average molecular weight is 319 g/mol. The second-order valence-corrected chi connectivity index (χ2v) is 3.66. The molecule has 1 rings (SSSR count). The fourth-order valence-corrected chi connectivity index (χ4v) is 1.90. The minimum atomic E-state index is -2.67. The van der Waals surface area contributed by atoms with Crippen molar-refractivity contribution >= 4 is 34.2 Å². The summed E-state index contributed by atoms with van der Waals surface area (Å²) < 4.78 is 25.0. The molecule has 1 heterocycles. The number of hydrogen-bond donors (Lipinski definition) is 1. The third kappa shape index (κ3) is 2.26. The Morgan fingerprint density at radius 2 is 2.23 bits per heavy atom. The van der Waals surface area contributed by atoms with Gasteiger partial charge in [0.2, 0.25) is 0 Å². The predicted molar refractivity (Wildman–Crippen MR) is 52.8 cm³/mol. The third-order valence-corrected chi connectivity index (χ3v) is 2.77. The van der Waals surface area contributed by atoms with E-state index in [2.05, 4.69) is 4.98 Å². The predicted octanol–water partition coefficient (Wildman–Crippen LogP) is 2.77. The smallest absolute Gasteiger partial charge is 0.267 e. The lowest BCUT2D eigenvalue weighted by Gasteiger charge is -2.07. The highest BCUT2D eigenvalue weighted by Crippen LogP contribution is 2.32. The molecule has 13 heavy (non-hydrogen) atoms. The number of nitrogens with zero attached hydrogens (tertiary/aromatic N) is 1. The van der Waals surface area contributed by atoms with Crippen molar-refractivity contribution in [3.05, 3.63) is 26.0 Å². The van der Waals surface area contributed by atoms with Gasteiger partial charge in [-0.25, -0.2) is 13.8 Å². The summed E-state index contributed by atoms with van der Waals surface area (Å²) in [6, 6.07) is 0. The van der Waals surface area contributed by atoms with Gasteiger partial charge in [0.05, 0.1) is 17.2 Å². The molecule has 0 saturated carbocycles. The second-order valence-electron chi connectivity index (χ2n) is 2.26. The SMILES string of the molecule is OCc1cnc(I)c(C(F)F)c1Cl. The van der Waals surface area contributed by atoms with E-state index in [1.165, 1.54) is 6.20 Å².